The van der Waals surface area contributed by atoms with Gasteiger partial charge in [0.2, 0.25) is 0 Å². The number of carbonyl (C=O) groups excluding carboxylic acids is 2. The van der Waals surface area contributed by atoms with Gasteiger partial charge in [0.15, 0.2) is 12.2 Å². The molecule has 0 bridgehead atoms. The molecule has 1 heterocycles. The maximum Gasteiger partial charge on any atom is 0.321 e. The summed E-state index contributed by atoms with van der Waals surface area (Å²) < 4.78 is 17.2. The second kappa shape index (κ2) is 11.5. The van der Waals surface area contributed by atoms with Crippen LogP contribution in [0, 0.1) is 5.92 Å². The van der Waals surface area contributed by atoms with Crippen molar-refractivity contribution in [3.63, 3.8) is 0 Å². The van der Waals surface area contributed by atoms with E-state index in [-0.39, 0.29) is 17.5 Å². The van der Waals surface area contributed by atoms with E-state index in [2.05, 4.69) is 34.6 Å². The molecule has 0 aliphatic carbocycles. The zero-order valence-corrected chi connectivity index (χ0v) is 23.0. The molecule has 1 fully saturated rings. The van der Waals surface area contributed by atoms with E-state index in [1.807, 2.05) is 5.06 Å². The molecule has 7 nitrogen and oxygen atoms in total. The maximum absolute atomic E-state index is 13.1. The van der Waals surface area contributed by atoms with Crippen molar-refractivity contribution in [3.05, 3.63) is 0 Å². The number of ether oxygens (including phenoxy) is 3. The minimum Gasteiger partial charge on any atom is -0.459 e. The SMILES string of the molecule is CCCCOC(CC(C(=O)OC(C)(C)C)C(=O)OC(C)(C)C)ON1C(C)(C)CCCC1(C)C. The lowest BCUT2D eigenvalue weighted by Crippen LogP contribution is -2.59. The Bertz CT molecular complexity index is 600. The summed E-state index contributed by atoms with van der Waals surface area (Å²) in [6.07, 6.45) is 4.15. The number of hydrogen-bond donors (Lipinski definition) is 0. The molecule has 0 aromatic carbocycles. The lowest BCUT2D eigenvalue weighted by Gasteiger charge is -2.52. The van der Waals surface area contributed by atoms with Gasteiger partial charge in [0, 0.05) is 24.1 Å². The first-order valence-corrected chi connectivity index (χ1v) is 12.4. The largest absolute Gasteiger partial charge is 0.459 e. The smallest absolute Gasteiger partial charge is 0.321 e. The summed E-state index contributed by atoms with van der Waals surface area (Å²) in [5.41, 5.74) is -1.87. The van der Waals surface area contributed by atoms with Gasteiger partial charge in [-0.3, -0.25) is 14.4 Å². The molecule has 7 heteroatoms. The van der Waals surface area contributed by atoms with Crippen LogP contribution in [-0.2, 0) is 28.6 Å². The van der Waals surface area contributed by atoms with Gasteiger partial charge in [-0.25, -0.2) is 0 Å². The van der Waals surface area contributed by atoms with E-state index >= 15 is 0 Å². The fraction of sp³-hybridized carbons (Fsp3) is 0.923. The molecule has 0 amide bonds. The van der Waals surface area contributed by atoms with Gasteiger partial charge in [0.05, 0.1) is 0 Å². The number of hydrogen-bond acceptors (Lipinski definition) is 7. The summed E-state index contributed by atoms with van der Waals surface area (Å²) in [6.45, 7) is 21.8. The number of nitrogens with zero attached hydrogens (tertiary/aromatic N) is 1. The van der Waals surface area contributed by atoms with E-state index in [9.17, 15) is 9.59 Å². The maximum atomic E-state index is 13.1. The van der Waals surface area contributed by atoms with Crippen LogP contribution >= 0.6 is 0 Å². The predicted molar refractivity (Wildman–Crippen MR) is 129 cm³/mol. The van der Waals surface area contributed by atoms with E-state index in [0.717, 1.165) is 32.1 Å². The third-order valence-corrected chi connectivity index (χ3v) is 5.51. The van der Waals surface area contributed by atoms with Crippen LogP contribution in [0.5, 0.6) is 0 Å². The van der Waals surface area contributed by atoms with Crippen molar-refractivity contribution in [3.8, 4) is 0 Å². The van der Waals surface area contributed by atoms with Crippen LogP contribution in [0.25, 0.3) is 0 Å². The molecule has 0 N–H and O–H groups in total. The van der Waals surface area contributed by atoms with Crippen LogP contribution in [0.1, 0.15) is 115 Å². The Labute approximate surface area is 201 Å². The van der Waals surface area contributed by atoms with Crippen LogP contribution in [0.3, 0.4) is 0 Å². The van der Waals surface area contributed by atoms with Gasteiger partial charge in [0.25, 0.3) is 0 Å². The normalized spacial score (nSPS) is 19.9. The van der Waals surface area contributed by atoms with E-state index in [1.165, 1.54) is 0 Å². The number of hydroxylamine groups is 2. The van der Waals surface area contributed by atoms with Gasteiger partial charge in [0.1, 0.15) is 11.2 Å². The van der Waals surface area contributed by atoms with Crippen LogP contribution in [-0.4, -0.2) is 52.2 Å². The van der Waals surface area contributed by atoms with Gasteiger partial charge < -0.3 is 14.2 Å². The van der Waals surface area contributed by atoms with Gasteiger partial charge in [-0.05, 0) is 94.9 Å². The Morgan fingerprint density at radius 3 is 1.73 bits per heavy atom. The standard InChI is InChI=1S/C26H49NO6/c1-12-13-17-30-20(33-27-25(8,9)15-14-16-26(27,10)11)18-19(21(28)31-23(2,3)4)22(29)32-24(5,6)7/h19-20H,12-18H2,1-11H3. The second-order valence-electron chi connectivity index (χ2n) is 12.4. The quantitative estimate of drug-likeness (QED) is 0.173. The molecule has 1 rings (SSSR count). The number of esters is 2. The third-order valence-electron chi connectivity index (χ3n) is 5.51. The Morgan fingerprint density at radius 1 is 0.879 bits per heavy atom. The molecule has 194 valence electrons. The summed E-state index contributed by atoms with van der Waals surface area (Å²) in [6, 6.07) is 0. The minimum atomic E-state index is -1.15. The Kier molecular flexibility index (Phi) is 10.4. The first kappa shape index (κ1) is 29.9. The number of carbonyl (C=O) groups is 2. The highest BCUT2D eigenvalue weighted by molar-refractivity contribution is 5.95. The molecule has 0 spiro atoms. The Morgan fingerprint density at radius 2 is 1.33 bits per heavy atom. The van der Waals surface area contributed by atoms with Crippen molar-refractivity contribution < 1.29 is 28.6 Å². The summed E-state index contributed by atoms with van der Waals surface area (Å²) >= 11 is 0. The average Bonchev–Trinajstić information content (AvgIpc) is 2.58. The zero-order chi connectivity index (χ0) is 25.7. The molecule has 1 unspecified atom stereocenters. The molecule has 0 aromatic rings. The summed E-state index contributed by atoms with van der Waals surface area (Å²) in [7, 11) is 0. The molecular weight excluding hydrogens is 422 g/mol. The van der Waals surface area contributed by atoms with Gasteiger partial charge in [-0.15, -0.1) is 0 Å². The molecule has 1 atom stereocenters. The second-order valence-corrected chi connectivity index (χ2v) is 12.4. The summed E-state index contributed by atoms with van der Waals surface area (Å²) in [5, 5.41) is 2.00. The predicted octanol–water partition coefficient (Wildman–Crippen LogP) is 5.79. The van der Waals surface area contributed by atoms with Gasteiger partial charge >= 0.3 is 11.9 Å². The summed E-state index contributed by atoms with van der Waals surface area (Å²) in [5.74, 6) is -2.39. The van der Waals surface area contributed by atoms with Crippen molar-refractivity contribution in [2.24, 2.45) is 5.92 Å². The molecule has 0 radical (unpaired) electrons. The highest BCUT2D eigenvalue weighted by atomic mass is 16.8. The van der Waals surface area contributed by atoms with Crippen molar-refractivity contribution >= 4 is 11.9 Å². The van der Waals surface area contributed by atoms with Crippen LogP contribution in [0.2, 0.25) is 0 Å². The van der Waals surface area contributed by atoms with Crippen molar-refractivity contribution in [2.45, 2.75) is 143 Å². The fourth-order valence-corrected chi connectivity index (χ4v) is 4.11. The van der Waals surface area contributed by atoms with E-state index in [0.29, 0.717) is 6.61 Å². The van der Waals surface area contributed by atoms with Crippen molar-refractivity contribution in [2.75, 3.05) is 6.61 Å². The lowest BCUT2D eigenvalue weighted by molar-refractivity contribution is -0.355. The molecule has 1 aliphatic rings. The highest BCUT2D eigenvalue weighted by Crippen LogP contribution is 2.39. The number of unbranched alkanes of at least 4 members (excludes halogenated alkanes) is 1. The topological polar surface area (TPSA) is 74.3 Å². The van der Waals surface area contributed by atoms with Gasteiger partial charge in [-0.2, -0.15) is 5.06 Å². The minimum absolute atomic E-state index is 0.0240. The first-order valence-electron chi connectivity index (χ1n) is 12.4. The molecular formula is C26H49NO6. The summed E-state index contributed by atoms with van der Waals surface area (Å²) in [4.78, 5) is 32.6. The Balaban J connectivity index is 3.20. The number of piperidine rings is 1. The monoisotopic (exact) mass is 471 g/mol. The average molecular weight is 472 g/mol. The fourth-order valence-electron chi connectivity index (χ4n) is 4.11. The first-order chi connectivity index (χ1) is 14.9. The van der Waals surface area contributed by atoms with Crippen molar-refractivity contribution in [1.29, 1.82) is 0 Å². The third kappa shape index (κ3) is 10.3. The van der Waals surface area contributed by atoms with E-state index in [1.54, 1.807) is 41.5 Å². The molecule has 1 aliphatic heterocycles. The molecule has 1 saturated heterocycles. The van der Waals surface area contributed by atoms with Crippen LogP contribution in [0.15, 0.2) is 0 Å². The highest BCUT2D eigenvalue weighted by Gasteiger charge is 2.45. The lowest BCUT2D eigenvalue weighted by atomic mass is 9.82. The van der Waals surface area contributed by atoms with Crippen LogP contribution < -0.4 is 0 Å². The van der Waals surface area contributed by atoms with Crippen LogP contribution in [0.4, 0.5) is 0 Å². The molecule has 0 aromatic heterocycles. The van der Waals surface area contributed by atoms with Crippen molar-refractivity contribution in [1.82, 2.24) is 5.06 Å². The van der Waals surface area contributed by atoms with E-state index in [4.69, 9.17) is 19.0 Å². The van der Waals surface area contributed by atoms with E-state index < -0.39 is 35.3 Å². The number of rotatable bonds is 10. The molecule has 33 heavy (non-hydrogen) atoms. The zero-order valence-electron chi connectivity index (χ0n) is 23.0. The Hall–Kier alpha value is -1.18. The molecule has 0 saturated carbocycles. The van der Waals surface area contributed by atoms with Gasteiger partial charge in [-0.1, -0.05) is 13.3 Å².